The van der Waals surface area contributed by atoms with Gasteiger partial charge in [-0.1, -0.05) is 0 Å². The van der Waals surface area contributed by atoms with Crippen molar-refractivity contribution >= 4 is 10.8 Å². The Bertz CT molecular complexity index is 384. The van der Waals surface area contributed by atoms with Crippen LogP contribution >= 0.6 is 0 Å². The van der Waals surface area contributed by atoms with Gasteiger partial charge in [0, 0.05) is 36.5 Å². The molecule has 3 atom stereocenters. The van der Waals surface area contributed by atoms with Crippen LogP contribution in [0.5, 0.6) is 0 Å². The summed E-state index contributed by atoms with van der Waals surface area (Å²) in [6, 6.07) is 0.0513. The van der Waals surface area contributed by atoms with Crippen molar-refractivity contribution in [3.05, 3.63) is 5.82 Å². The lowest BCUT2D eigenvalue weighted by atomic mass is 10.3. The van der Waals surface area contributed by atoms with Crippen LogP contribution in [0.4, 0.5) is 0 Å². The molecule has 8 heteroatoms. The first-order chi connectivity index (χ1) is 8.56. The molecule has 0 aliphatic rings. The second kappa shape index (κ2) is 7.55. The monoisotopic (exact) mass is 275 g/mol. The van der Waals surface area contributed by atoms with Gasteiger partial charge < -0.3 is 10.1 Å². The Morgan fingerprint density at radius 2 is 2.22 bits per heavy atom. The predicted octanol–water partition coefficient (Wildman–Crippen LogP) is -0.0904. The molecule has 1 aromatic rings. The zero-order chi connectivity index (χ0) is 13.5. The molecular formula is C10H21N5O2S. The fraction of sp³-hybridized carbons (Fsp3) is 0.900. The van der Waals surface area contributed by atoms with Crippen molar-refractivity contribution in [3.8, 4) is 0 Å². The Kier molecular flexibility index (Phi) is 6.37. The van der Waals surface area contributed by atoms with E-state index in [0.717, 1.165) is 12.4 Å². The highest BCUT2D eigenvalue weighted by Crippen LogP contribution is 2.13. The van der Waals surface area contributed by atoms with Gasteiger partial charge in [-0.25, -0.2) is 4.68 Å². The normalized spacial score (nSPS) is 16.4. The molecule has 0 saturated heterocycles. The minimum absolute atomic E-state index is 0.0208. The number of methoxy groups -OCH3 is 1. The molecule has 0 saturated carbocycles. The third kappa shape index (κ3) is 4.43. The lowest BCUT2D eigenvalue weighted by Crippen LogP contribution is -2.27. The third-order valence-electron chi connectivity index (χ3n) is 2.56. The van der Waals surface area contributed by atoms with Gasteiger partial charge in [-0.3, -0.25) is 4.21 Å². The number of hydrogen-bond acceptors (Lipinski definition) is 6. The standard InChI is InChI=1S/C10H21N5O2S/c1-8(7-18(4)16)15-10(12-13-14-15)9(2)11-5-6-17-3/h8-9,11H,5-7H2,1-4H3. The van der Waals surface area contributed by atoms with E-state index in [2.05, 4.69) is 20.8 Å². The van der Waals surface area contributed by atoms with E-state index in [4.69, 9.17) is 4.74 Å². The minimum atomic E-state index is -0.865. The number of tetrazole rings is 1. The first-order valence-corrected chi connectivity index (χ1v) is 7.59. The highest BCUT2D eigenvalue weighted by molar-refractivity contribution is 7.84. The van der Waals surface area contributed by atoms with Gasteiger partial charge in [-0.15, -0.1) is 5.10 Å². The minimum Gasteiger partial charge on any atom is -0.383 e. The Morgan fingerprint density at radius 3 is 2.83 bits per heavy atom. The van der Waals surface area contributed by atoms with Gasteiger partial charge in [0.1, 0.15) is 0 Å². The lowest BCUT2D eigenvalue weighted by molar-refractivity contribution is 0.195. The van der Waals surface area contributed by atoms with Crippen molar-refractivity contribution in [1.29, 1.82) is 0 Å². The Morgan fingerprint density at radius 1 is 1.50 bits per heavy atom. The van der Waals surface area contributed by atoms with Crippen molar-refractivity contribution in [2.24, 2.45) is 0 Å². The van der Waals surface area contributed by atoms with Crippen molar-refractivity contribution in [3.63, 3.8) is 0 Å². The SMILES string of the molecule is COCCNC(C)c1nnnn1C(C)CS(C)=O. The quantitative estimate of drug-likeness (QED) is 0.668. The average molecular weight is 275 g/mol. The number of aromatic nitrogens is 4. The van der Waals surface area contributed by atoms with Gasteiger partial charge in [0.15, 0.2) is 5.82 Å². The fourth-order valence-corrected chi connectivity index (χ4v) is 2.50. The Hall–Kier alpha value is -0.860. The molecular weight excluding hydrogens is 254 g/mol. The molecule has 3 unspecified atom stereocenters. The summed E-state index contributed by atoms with van der Waals surface area (Å²) in [5.74, 6) is 1.30. The molecule has 1 heterocycles. The highest BCUT2D eigenvalue weighted by Gasteiger charge is 2.18. The third-order valence-corrected chi connectivity index (χ3v) is 3.51. The molecule has 18 heavy (non-hydrogen) atoms. The maximum absolute atomic E-state index is 11.2. The Balaban J connectivity index is 2.66. The second-order valence-electron chi connectivity index (χ2n) is 4.24. The summed E-state index contributed by atoms with van der Waals surface area (Å²) in [7, 11) is 0.796. The van der Waals surface area contributed by atoms with E-state index >= 15 is 0 Å². The van der Waals surface area contributed by atoms with Crippen LogP contribution in [0.3, 0.4) is 0 Å². The molecule has 1 rings (SSSR count). The number of ether oxygens (including phenoxy) is 1. The van der Waals surface area contributed by atoms with Crippen molar-refractivity contribution in [2.45, 2.75) is 25.9 Å². The van der Waals surface area contributed by atoms with Gasteiger partial charge in [-0.2, -0.15) is 0 Å². The van der Waals surface area contributed by atoms with Gasteiger partial charge in [-0.05, 0) is 24.3 Å². The van der Waals surface area contributed by atoms with Crippen molar-refractivity contribution in [2.75, 3.05) is 32.3 Å². The summed E-state index contributed by atoms with van der Waals surface area (Å²) >= 11 is 0. The summed E-state index contributed by atoms with van der Waals surface area (Å²) in [5.41, 5.74) is 0. The molecule has 1 N–H and O–H groups in total. The molecule has 0 aliphatic heterocycles. The van der Waals surface area contributed by atoms with Crippen LogP contribution in [0.2, 0.25) is 0 Å². The molecule has 0 spiro atoms. The molecule has 104 valence electrons. The van der Waals surface area contributed by atoms with Crippen LogP contribution in [0.25, 0.3) is 0 Å². The summed E-state index contributed by atoms with van der Waals surface area (Å²) < 4.78 is 17.9. The number of rotatable bonds is 8. The van der Waals surface area contributed by atoms with Crippen LogP contribution < -0.4 is 5.32 Å². The lowest BCUT2D eigenvalue weighted by Gasteiger charge is -2.16. The molecule has 0 aromatic carbocycles. The zero-order valence-corrected chi connectivity index (χ0v) is 12.1. The first-order valence-electron chi connectivity index (χ1n) is 5.86. The number of hydrogen-bond donors (Lipinski definition) is 1. The van der Waals surface area contributed by atoms with Gasteiger partial charge in [0.2, 0.25) is 0 Å². The van der Waals surface area contributed by atoms with Crippen LogP contribution in [0.15, 0.2) is 0 Å². The summed E-state index contributed by atoms with van der Waals surface area (Å²) in [6.45, 7) is 5.33. The van der Waals surface area contributed by atoms with E-state index in [1.54, 1.807) is 18.0 Å². The molecule has 0 amide bonds. The average Bonchev–Trinajstić information content (AvgIpc) is 2.77. The highest BCUT2D eigenvalue weighted by atomic mass is 32.2. The summed E-state index contributed by atoms with van der Waals surface area (Å²) in [6.07, 6.45) is 1.68. The van der Waals surface area contributed by atoms with E-state index in [-0.39, 0.29) is 12.1 Å². The maximum atomic E-state index is 11.2. The van der Waals surface area contributed by atoms with Crippen LogP contribution in [-0.2, 0) is 15.5 Å². The predicted molar refractivity (Wildman–Crippen MR) is 69.8 cm³/mol. The van der Waals surface area contributed by atoms with Gasteiger partial charge in [0.05, 0.1) is 18.7 Å². The smallest absolute Gasteiger partial charge is 0.168 e. The first kappa shape index (κ1) is 15.2. The molecule has 0 aliphatic carbocycles. The number of nitrogens with one attached hydrogen (secondary N) is 1. The Labute approximate surface area is 110 Å². The maximum Gasteiger partial charge on any atom is 0.168 e. The van der Waals surface area contributed by atoms with Gasteiger partial charge >= 0.3 is 0 Å². The second-order valence-corrected chi connectivity index (χ2v) is 5.72. The van der Waals surface area contributed by atoms with Crippen molar-refractivity contribution < 1.29 is 8.95 Å². The van der Waals surface area contributed by atoms with Crippen LogP contribution in [0, 0.1) is 0 Å². The topological polar surface area (TPSA) is 81.9 Å². The van der Waals surface area contributed by atoms with E-state index in [1.807, 2.05) is 13.8 Å². The van der Waals surface area contributed by atoms with E-state index in [9.17, 15) is 4.21 Å². The summed E-state index contributed by atoms with van der Waals surface area (Å²) in [4.78, 5) is 0. The molecule has 1 aromatic heterocycles. The number of nitrogens with zero attached hydrogens (tertiary/aromatic N) is 4. The molecule has 0 radical (unpaired) electrons. The van der Waals surface area contributed by atoms with E-state index in [1.165, 1.54) is 0 Å². The molecule has 7 nitrogen and oxygen atoms in total. The molecule has 0 fully saturated rings. The zero-order valence-electron chi connectivity index (χ0n) is 11.3. The molecule has 0 bridgehead atoms. The van der Waals surface area contributed by atoms with Crippen molar-refractivity contribution in [1.82, 2.24) is 25.5 Å². The fourth-order valence-electron chi connectivity index (χ4n) is 1.68. The van der Waals surface area contributed by atoms with Gasteiger partial charge in [0.25, 0.3) is 0 Å². The van der Waals surface area contributed by atoms with E-state index < -0.39 is 10.8 Å². The largest absolute Gasteiger partial charge is 0.383 e. The van der Waals surface area contributed by atoms with E-state index in [0.29, 0.717) is 12.4 Å². The van der Waals surface area contributed by atoms with Crippen LogP contribution in [-0.4, -0.2) is 56.7 Å². The van der Waals surface area contributed by atoms with Crippen LogP contribution in [0.1, 0.15) is 31.8 Å². The summed E-state index contributed by atoms with van der Waals surface area (Å²) in [5, 5.41) is 15.0.